The van der Waals surface area contributed by atoms with Gasteiger partial charge in [0.15, 0.2) is 0 Å². The number of alkyl halides is 3. The second-order valence-corrected chi connectivity index (χ2v) is 4.70. The number of nitro groups is 1. The fourth-order valence-corrected chi connectivity index (χ4v) is 2.08. The molecular weight excluding hydrogens is 329 g/mol. The highest BCUT2D eigenvalue weighted by Crippen LogP contribution is 2.38. The molecule has 0 saturated carbocycles. The highest BCUT2D eigenvalue weighted by molar-refractivity contribution is 6.34. The van der Waals surface area contributed by atoms with Crippen molar-refractivity contribution in [3.63, 3.8) is 0 Å². The van der Waals surface area contributed by atoms with Gasteiger partial charge in [-0.25, -0.2) is 0 Å². The molecule has 0 bridgehead atoms. The van der Waals surface area contributed by atoms with Crippen molar-refractivity contribution in [1.82, 2.24) is 0 Å². The molecule has 6 nitrogen and oxygen atoms in total. The van der Waals surface area contributed by atoms with Crippen molar-refractivity contribution in [3.05, 3.63) is 38.9 Å². The summed E-state index contributed by atoms with van der Waals surface area (Å²) in [5.41, 5.74) is -3.64. The third-order valence-electron chi connectivity index (χ3n) is 3.03. The molecule has 0 saturated heterocycles. The molecule has 1 aromatic carbocycles. The second kappa shape index (κ2) is 6.49. The Hall–Kier alpha value is -1.87. The van der Waals surface area contributed by atoms with Crippen LogP contribution in [0.4, 0.5) is 18.9 Å². The number of Topliss-reactive ketones (excluding diaryl/α,β-unsaturated/α-hetero) is 1. The number of carbonyl (C=O) groups excluding carboxylic acids is 1. The summed E-state index contributed by atoms with van der Waals surface area (Å²) < 4.78 is 44.0. The van der Waals surface area contributed by atoms with Crippen molar-refractivity contribution in [3.8, 4) is 0 Å². The van der Waals surface area contributed by atoms with E-state index in [1.54, 1.807) is 7.05 Å². The van der Waals surface area contributed by atoms with Gasteiger partial charge in [0.05, 0.1) is 5.02 Å². The van der Waals surface area contributed by atoms with E-state index in [4.69, 9.17) is 11.6 Å². The number of nitrogens with one attached hydrogen (secondary N) is 1. The first-order valence-electron chi connectivity index (χ1n) is 5.85. The second-order valence-electron chi connectivity index (χ2n) is 4.29. The molecule has 0 radical (unpaired) electrons. The molecule has 1 rings (SSSR count). The van der Waals surface area contributed by atoms with E-state index in [2.05, 4.69) is 10.1 Å². The lowest BCUT2D eigenvalue weighted by atomic mass is 9.91. The molecule has 0 heterocycles. The molecule has 0 aromatic heterocycles. The highest BCUT2D eigenvalue weighted by Gasteiger charge is 2.65. The molecule has 1 unspecified atom stereocenters. The zero-order chi connectivity index (χ0) is 17.1. The number of anilines is 1. The van der Waals surface area contributed by atoms with Crippen LogP contribution in [0.25, 0.3) is 0 Å². The van der Waals surface area contributed by atoms with Crippen molar-refractivity contribution in [1.29, 1.82) is 0 Å². The fraction of sp³-hybridized carbons (Fsp3) is 0.417. The average Bonchev–Trinajstić information content (AvgIpc) is 2.42. The van der Waals surface area contributed by atoms with Gasteiger partial charge in [-0.3, -0.25) is 14.9 Å². The highest BCUT2D eigenvalue weighted by atomic mass is 35.5. The van der Waals surface area contributed by atoms with E-state index < -0.39 is 34.6 Å². The van der Waals surface area contributed by atoms with Gasteiger partial charge in [-0.05, 0) is 18.2 Å². The van der Waals surface area contributed by atoms with Crippen molar-refractivity contribution < 1.29 is 27.6 Å². The Morgan fingerprint density at radius 2 is 2.05 bits per heavy atom. The minimum Gasteiger partial charge on any atom is -0.388 e. The topological polar surface area (TPSA) is 81.5 Å². The Bertz CT molecular complexity index is 594. The van der Waals surface area contributed by atoms with Crippen LogP contribution < -0.4 is 5.32 Å². The summed E-state index contributed by atoms with van der Waals surface area (Å²) in [6, 6.07) is 3.61. The fourth-order valence-electron chi connectivity index (χ4n) is 1.82. The lowest BCUT2D eigenvalue weighted by molar-refractivity contribution is -0.509. The van der Waals surface area contributed by atoms with E-state index in [9.17, 15) is 28.1 Å². The first kappa shape index (κ1) is 18.2. The van der Waals surface area contributed by atoms with E-state index in [-0.39, 0.29) is 5.02 Å². The van der Waals surface area contributed by atoms with Crippen molar-refractivity contribution in [2.45, 2.75) is 11.8 Å². The maximum Gasteiger partial charge on any atom is 0.431 e. The van der Waals surface area contributed by atoms with Gasteiger partial charge in [0.1, 0.15) is 0 Å². The van der Waals surface area contributed by atoms with Gasteiger partial charge in [0, 0.05) is 30.3 Å². The lowest BCUT2D eigenvalue weighted by Gasteiger charge is -2.29. The largest absolute Gasteiger partial charge is 0.431 e. The maximum absolute atomic E-state index is 13.2. The van der Waals surface area contributed by atoms with Gasteiger partial charge in [0.25, 0.3) is 5.60 Å². The van der Waals surface area contributed by atoms with Crippen molar-refractivity contribution in [2.24, 2.45) is 0 Å². The van der Waals surface area contributed by atoms with Crippen LogP contribution in [0.1, 0.15) is 10.4 Å². The molecular formula is C12H12ClF3N2O4. The summed E-state index contributed by atoms with van der Waals surface area (Å²) in [6.07, 6.45) is -5.28. The first-order valence-corrected chi connectivity index (χ1v) is 6.22. The Labute approximate surface area is 128 Å². The van der Waals surface area contributed by atoms with Crippen molar-refractivity contribution >= 4 is 23.1 Å². The number of halogens is 4. The number of nitrogens with zero attached hydrogens (tertiary/aromatic N) is 1. The Kier molecular flexibility index (Phi) is 5.36. The summed E-state index contributed by atoms with van der Waals surface area (Å²) in [4.78, 5) is 21.6. The van der Waals surface area contributed by atoms with Crippen LogP contribution in [0.15, 0.2) is 18.2 Å². The number of rotatable bonds is 6. The predicted octanol–water partition coefficient (Wildman–Crippen LogP) is 2.79. The molecule has 1 atom stereocenters. The van der Waals surface area contributed by atoms with E-state index in [1.807, 2.05) is 0 Å². The van der Waals surface area contributed by atoms with Gasteiger partial charge < -0.3 is 10.1 Å². The smallest absolute Gasteiger partial charge is 0.388 e. The zero-order valence-corrected chi connectivity index (χ0v) is 12.3. The first-order chi connectivity index (χ1) is 10.1. The number of ketones is 1. The number of hydrogen-bond acceptors (Lipinski definition) is 5. The standard InChI is InChI=1S/C12H12ClF3N2O4/c1-17-7-3-4-8(9(13)5-7)10(19)11(22-2,6-18(20)21)12(14,15)16/h3-5,17H,6H2,1-2H3. The summed E-state index contributed by atoms with van der Waals surface area (Å²) in [5, 5.41) is 13.0. The Morgan fingerprint density at radius 3 is 2.41 bits per heavy atom. The van der Waals surface area contributed by atoms with E-state index in [0.717, 1.165) is 6.07 Å². The maximum atomic E-state index is 13.2. The average molecular weight is 341 g/mol. The number of hydrogen-bond donors (Lipinski definition) is 1. The number of methoxy groups -OCH3 is 1. The molecule has 122 valence electrons. The molecule has 0 aliphatic carbocycles. The summed E-state index contributed by atoms with van der Waals surface area (Å²) in [7, 11) is 2.14. The minimum absolute atomic E-state index is 0.272. The lowest BCUT2D eigenvalue weighted by Crippen LogP contribution is -2.58. The molecule has 0 spiro atoms. The summed E-state index contributed by atoms with van der Waals surface area (Å²) in [5.74, 6) is -1.62. The number of ether oxygens (including phenoxy) is 1. The summed E-state index contributed by atoms with van der Waals surface area (Å²) >= 11 is 5.80. The van der Waals surface area contributed by atoms with Crippen LogP contribution in [0.3, 0.4) is 0 Å². The third-order valence-corrected chi connectivity index (χ3v) is 3.34. The number of benzene rings is 1. The molecule has 0 amide bonds. The van der Waals surface area contributed by atoms with Crippen LogP contribution in [0.2, 0.25) is 5.02 Å². The van der Waals surface area contributed by atoms with Gasteiger partial charge >= 0.3 is 6.18 Å². The molecule has 10 heteroatoms. The van der Waals surface area contributed by atoms with Gasteiger partial charge in [0.2, 0.25) is 12.3 Å². The van der Waals surface area contributed by atoms with Crippen LogP contribution in [-0.4, -0.2) is 43.2 Å². The van der Waals surface area contributed by atoms with Crippen LogP contribution in [0.5, 0.6) is 0 Å². The van der Waals surface area contributed by atoms with Gasteiger partial charge in [-0.15, -0.1) is 0 Å². The van der Waals surface area contributed by atoms with Crippen molar-refractivity contribution in [2.75, 3.05) is 26.0 Å². The van der Waals surface area contributed by atoms with Crippen LogP contribution >= 0.6 is 11.6 Å². The quantitative estimate of drug-likeness (QED) is 0.489. The van der Waals surface area contributed by atoms with Crippen LogP contribution in [-0.2, 0) is 4.74 Å². The predicted molar refractivity (Wildman–Crippen MR) is 73.0 cm³/mol. The number of carbonyl (C=O) groups is 1. The monoisotopic (exact) mass is 340 g/mol. The van der Waals surface area contributed by atoms with Gasteiger partial charge in [-0.2, -0.15) is 13.2 Å². The summed E-state index contributed by atoms with van der Waals surface area (Å²) in [6.45, 7) is -1.75. The Morgan fingerprint density at radius 1 is 1.45 bits per heavy atom. The van der Waals surface area contributed by atoms with Crippen LogP contribution in [0, 0.1) is 10.1 Å². The SMILES string of the molecule is CNc1ccc(C(=O)C(C[N+](=O)[O-])(OC)C(F)(F)F)c(Cl)c1. The zero-order valence-electron chi connectivity index (χ0n) is 11.5. The Balaban J connectivity index is 3.43. The van der Waals surface area contributed by atoms with E-state index >= 15 is 0 Å². The van der Waals surface area contributed by atoms with E-state index in [0.29, 0.717) is 12.8 Å². The van der Waals surface area contributed by atoms with E-state index in [1.165, 1.54) is 12.1 Å². The normalized spacial score (nSPS) is 14.3. The van der Waals surface area contributed by atoms with Gasteiger partial charge in [-0.1, -0.05) is 11.6 Å². The molecule has 0 aliphatic rings. The molecule has 1 aromatic rings. The molecule has 22 heavy (non-hydrogen) atoms. The molecule has 0 fully saturated rings. The minimum atomic E-state index is -5.28. The molecule has 0 aliphatic heterocycles. The third kappa shape index (κ3) is 3.30. The molecule has 1 N–H and O–H groups in total.